The third-order valence-electron chi connectivity index (χ3n) is 3.80. The maximum Gasteiger partial charge on any atom is 0.387 e. The van der Waals surface area contributed by atoms with Crippen LogP contribution in [0.25, 0.3) is 0 Å². The number of nitrogens with zero attached hydrogens (tertiary/aromatic N) is 1. The molecule has 0 saturated carbocycles. The number of methoxy groups -OCH3 is 1. The van der Waals surface area contributed by atoms with Gasteiger partial charge in [-0.25, -0.2) is 0 Å². The zero-order chi connectivity index (χ0) is 16.9. The van der Waals surface area contributed by atoms with E-state index in [1.807, 2.05) is 30.3 Å². The standard InChI is InChI=1S/C18H19F2NO3/c1-22-14-5-3-7-16(9-14)23-17-11-21(12-17)10-13-4-2-6-15(8-13)24-18(19)20/h2-9,17-18H,10-12H2,1H3. The van der Waals surface area contributed by atoms with Gasteiger partial charge in [-0.1, -0.05) is 18.2 Å². The molecule has 2 aromatic rings. The highest BCUT2D eigenvalue weighted by molar-refractivity contribution is 5.33. The van der Waals surface area contributed by atoms with Gasteiger partial charge in [-0.3, -0.25) is 4.90 Å². The van der Waals surface area contributed by atoms with Gasteiger partial charge in [0.1, 0.15) is 23.4 Å². The fourth-order valence-corrected chi connectivity index (χ4v) is 2.67. The maximum absolute atomic E-state index is 12.2. The Kier molecular flexibility index (Phi) is 5.15. The summed E-state index contributed by atoms with van der Waals surface area (Å²) in [7, 11) is 1.62. The van der Waals surface area contributed by atoms with Crippen LogP contribution < -0.4 is 14.2 Å². The largest absolute Gasteiger partial charge is 0.497 e. The van der Waals surface area contributed by atoms with Gasteiger partial charge in [0.15, 0.2) is 0 Å². The van der Waals surface area contributed by atoms with Crippen LogP contribution in [0.2, 0.25) is 0 Å². The van der Waals surface area contributed by atoms with Crippen molar-refractivity contribution in [3.63, 3.8) is 0 Å². The number of likely N-dealkylation sites (tertiary alicyclic amines) is 1. The molecule has 0 aliphatic carbocycles. The third kappa shape index (κ3) is 4.35. The second-order valence-corrected chi connectivity index (χ2v) is 5.64. The Hall–Kier alpha value is -2.34. The molecule has 2 aromatic carbocycles. The van der Waals surface area contributed by atoms with Gasteiger partial charge in [0.25, 0.3) is 0 Å². The van der Waals surface area contributed by atoms with Crippen LogP contribution in [-0.4, -0.2) is 37.8 Å². The molecule has 0 N–H and O–H groups in total. The van der Waals surface area contributed by atoms with Gasteiger partial charge in [-0.15, -0.1) is 0 Å². The summed E-state index contributed by atoms with van der Waals surface area (Å²) in [6.07, 6.45) is 0.123. The van der Waals surface area contributed by atoms with Crippen molar-refractivity contribution in [3.8, 4) is 17.2 Å². The minimum Gasteiger partial charge on any atom is -0.497 e. The van der Waals surface area contributed by atoms with Gasteiger partial charge in [-0.2, -0.15) is 8.78 Å². The monoisotopic (exact) mass is 335 g/mol. The van der Waals surface area contributed by atoms with Crippen molar-refractivity contribution >= 4 is 0 Å². The predicted molar refractivity (Wildman–Crippen MR) is 85.8 cm³/mol. The smallest absolute Gasteiger partial charge is 0.387 e. The Labute approximate surface area is 139 Å². The van der Waals surface area contributed by atoms with E-state index in [1.54, 1.807) is 19.2 Å². The zero-order valence-corrected chi connectivity index (χ0v) is 13.3. The quantitative estimate of drug-likeness (QED) is 0.774. The van der Waals surface area contributed by atoms with E-state index in [1.165, 1.54) is 6.07 Å². The van der Waals surface area contributed by atoms with Crippen molar-refractivity contribution in [1.82, 2.24) is 4.90 Å². The minimum absolute atomic E-state index is 0.123. The molecule has 3 rings (SSSR count). The Balaban J connectivity index is 1.48. The van der Waals surface area contributed by atoms with E-state index in [2.05, 4.69) is 9.64 Å². The fourth-order valence-electron chi connectivity index (χ4n) is 2.67. The molecular weight excluding hydrogens is 316 g/mol. The van der Waals surface area contributed by atoms with Crippen LogP contribution in [0, 0.1) is 0 Å². The fraction of sp³-hybridized carbons (Fsp3) is 0.333. The molecule has 1 aliphatic rings. The molecule has 24 heavy (non-hydrogen) atoms. The van der Waals surface area contributed by atoms with Crippen LogP contribution in [0.1, 0.15) is 5.56 Å². The first-order valence-electron chi connectivity index (χ1n) is 7.69. The van der Waals surface area contributed by atoms with E-state index in [0.29, 0.717) is 6.54 Å². The van der Waals surface area contributed by atoms with Crippen LogP contribution in [0.3, 0.4) is 0 Å². The summed E-state index contributed by atoms with van der Waals surface area (Å²) in [6.45, 7) is -0.544. The highest BCUT2D eigenvalue weighted by Gasteiger charge is 2.28. The second kappa shape index (κ2) is 7.49. The first-order valence-corrected chi connectivity index (χ1v) is 7.69. The van der Waals surface area contributed by atoms with Crippen molar-refractivity contribution in [1.29, 1.82) is 0 Å². The number of rotatable bonds is 7. The van der Waals surface area contributed by atoms with Crippen LogP contribution in [-0.2, 0) is 6.54 Å². The lowest BCUT2D eigenvalue weighted by molar-refractivity contribution is -0.0499. The van der Waals surface area contributed by atoms with Crippen LogP contribution in [0.15, 0.2) is 48.5 Å². The second-order valence-electron chi connectivity index (χ2n) is 5.64. The molecule has 0 spiro atoms. The molecule has 1 aliphatic heterocycles. The third-order valence-corrected chi connectivity index (χ3v) is 3.80. The molecule has 0 aromatic heterocycles. The summed E-state index contributed by atoms with van der Waals surface area (Å²) in [5.74, 6) is 1.73. The van der Waals surface area contributed by atoms with E-state index in [9.17, 15) is 8.78 Å². The Bertz CT molecular complexity index is 675. The average Bonchev–Trinajstić information content (AvgIpc) is 2.53. The van der Waals surface area contributed by atoms with Gasteiger partial charge in [0, 0.05) is 25.7 Å². The number of alkyl halides is 2. The molecule has 0 amide bonds. The van der Waals surface area contributed by atoms with Crippen molar-refractivity contribution in [3.05, 3.63) is 54.1 Å². The van der Waals surface area contributed by atoms with Gasteiger partial charge in [0.2, 0.25) is 0 Å². The van der Waals surface area contributed by atoms with Crippen LogP contribution in [0.4, 0.5) is 8.78 Å². The summed E-state index contributed by atoms with van der Waals surface area (Å²) >= 11 is 0. The van der Waals surface area contributed by atoms with Crippen molar-refractivity contribution < 1.29 is 23.0 Å². The molecule has 0 radical (unpaired) electrons. The van der Waals surface area contributed by atoms with Gasteiger partial charge in [0.05, 0.1) is 7.11 Å². The molecule has 128 valence electrons. The molecule has 6 heteroatoms. The van der Waals surface area contributed by atoms with E-state index >= 15 is 0 Å². The zero-order valence-electron chi connectivity index (χ0n) is 13.3. The lowest BCUT2D eigenvalue weighted by atomic mass is 10.1. The van der Waals surface area contributed by atoms with Gasteiger partial charge >= 0.3 is 6.61 Å². The molecule has 1 saturated heterocycles. The van der Waals surface area contributed by atoms with Gasteiger partial charge in [-0.05, 0) is 29.8 Å². The summed E-state index contributed by atoms with van der Waals surface area (Å²) in [5.41, 5.74) is 0.938. The van der Waals surface area contributed by atoms with Crippen LogP contribution in [0.5, 0.6) is 17.2 Å². The average molecular weight is 335 g/mol. The highest BCUT2D eigenvalue weighted by Crippen LogP contribution is 2.24. The highest BCUT2D eigenvalue weighted by atomic mass is 19.3. The Morgan fingerprint density at radius 1 is 1.04 bits per heavy atom. The number of ether oxygens (including phenoxy) is 3. The lowest BCUT2D eigenvalue weighted by Crippen LogP contribution is -2.53. The molecule has 0 bridgehead atoms. The molecular formula is C18H19F2NO3. The summed E-state index contributed by atoms with van der Waals surface area (Å²) in [4.78, 5) is 2.19. The molecule has 1 fully saturated rings. The van der Waals surface area contributed by atoms with E-state index < -0.39 is 6.61 Å². The Morgan fingerprint density at radius 3 is 2.50 bits per heavy atom. The number of benzene rings is 2. The van der Waals surface area contributed by atoms with Crippen molar-refractivity contribution in [2.75, 3.05) is 20.2 Å². The molecule has 1 heterocycles. The molecule has 0 atom stereocenters. The number of hydrogen-bond donors (Lipinski definition) is 0. The van der Waals surface area contributed by atoms with Crippen LogP contribution >= 0.6 is 0 Å². The SMILES string of the molecule is COc1cccc(OC2CN(Cc3cccc(OC(F)F)c3)C2)c1. The van der Waals surface area contributed by atoms with E-state index in [4.69, 9.17) is 9.47 Å². The van der Waals surface area contributed by atoms with Crippen molar-refractivity contribution in [2.24, 2.45) is 0 Å². The lowest BCUT2D eigenvalue weighted by Gasteiger charge is -2.39. The summed E-state index contributed by atoms with van der Waals surface area (Å²) < 4.78 is 40.0. The summed E-state index contributed by atoms with van der Waals surface area (Å²) in [5, 5.41) is 0. The summed E-state index contributed by atoms with van der Waals surface area (Å²) in [6, 6.07) is 14.3. The molecule has 4 nitrogen and oxygen atoms in total. The Morgan fingerprint density at radius 2 is 1.75 bits per heavy atom. The minimum atomic E-state index is -2.80. The normalized spacial score (nSPS) is 15.2. The first-order chi connectivity index (χ1) is 11.6. The van der Waals surface area contributed by atoms with E-state index in [-0.39, 0.29) is 11.9 Å². The van der Waals surface area contributed by atoms with Crippen molar-refractivity contribution in [2.45, 2.75) is 19.3 Å². The number of halogens is 2. The topological polar surface area (TPSA) is 30.9 Å². The maximum atomic E-state index is 12.2. The number of hydrogen-bond acceptors (Lipinski definition) is 4. The predicted octanol–water partition coefficient (Wildman–Crippen LogP) is 3.56. The van der Waals surface area contributed by atoms with Gasteiger partial charge < -0.3 is 14.2 Å². The first kappa shape index (κ1) is 16.5. The molecule has 0 unspecified atom stereocenters. The van der Waals surface area contributed by atoms with E-state index in [0.717, 1.165) is 30.2 Å².